The zero-order chi connectivity index (χ0) is 15.0. The number of amides is 1. The summed E-state index contributed by atoms with van der Waals surface area (Å²) < 4.78 is 10.5. The lowest BCUT2D eigenvalue weighted by atomic mass is 9.70. The van der Waals surface area contributed by atoms with E-state index in [-0.39, 0.29) is 18.4 Å². The fraction of sp³-hybridized carbons (Fsp3) is 0.467. The van der Waals surface area contributed by atoms with Crippen LogP contribution in [0, 0.1) is 5.41 Å². The van der Waals surface area contributed by atoms with Gasteiger partial charge in [-0.3, -0.25) is 9.59 Å². The molecule has 0 radical (unpaired) electrons. The van der Waals surface area contributed by atoms with E-state index in [9.17, 15) is 9.59 Å². The van der Waals surface area contributed by atoms with Crippen LogP contribution in [0.5, 0.6) is 5.75 Å². The quantitative estimate of drug-likeness (QED) is 0.638. The summed E-state index contributed by atoms with van der Waals surface area (Å²) >= 11 is 0. The van der Waals surface area contributed by atoms with Gasteiger partial charge in [-0.05, 0) is 18.6 Å². The molecule has 1 fully saturated rings. The highest BCUT2D eigenvalue weighted by Crippen LogP contribution is 2.49. The van der Waals surface area contributed by atoms with Crippen LogP contribution in [0.4, 0.5) is 5.69 Å². The van der Waals surface area contributed by atoms with Crippen molar-refractivity contribution in [2.75, 3.05) is 32.1 Å². The minimum atomic E-state index is -1.19. The summed E-state index contributed by atoms with van der Waals surface area (Å²) in [6.07, 6.45) is 0. The monoisotopic (exact) mass is 290 g/mol. The molecular weight excluding hydrogens is 272 g/mol. The largest absolute Gasteiger partial charge is 0.495 e. The molecule has 2 heterocycles. The molecule has 6 nitrogen and oxygen atoms in total. The van der Waals surface area contributed by atoms with Gasteiger partial charge in [0.15, 0.2) is 5.41 Å². The first kappa shape index (κ1) is 13.9. The van der Waals surface area contributed by atoms with Crippen LogP contribution in [0.2, 0.25) is 0 Å². The van der Waals surface area contributed by atoms with Crippen molar-refractivity contribution >= 4 is 17.6 Å². The highest BCUT2D eigenvalue weighted by atomic mass is 16.5. The number of benzene rings is 1. The summed E-state index contributed by atoms with van der Waals surface area (Å²) in [6.45, 7) is 2.85. The number of ether oxygens (including phenoxy) is 2. The lowest BCUT2D eigenvalue weighted by Gasteiger charge is -2.36. The Morgan fingerprint density at radius 1 is 1.48 bits per heavy atom. The van der Waals surface area contributed by atoms with E-state index >= 15 is 0 Å². The number of methoxy groups -OCH3 is 1. The van der Waals surface area contributed by atoms with Crippen LogP contribution in [0.15, 0.2) is 18.2 Å². The van der Waals surface area contributed by atoms with Gasteiger partial charge in [-0.2, -0.15) is 0 Å². The van der Waals surface area contributed by atoms with Crippen LogP contribution >= 0.6 is 0 Å². The van der Waals surface area contributed by atoms with Gasteiger partial charge < -0.3 is 20.1 Å². The highest BCUT2D eigenvalue weighted by Gasteiger charge is 2.59. The van der Waals surface area contributed by atoms with E-state index in [1.165, 1.54) is 0 Å². The van der Waals surface area contributed by atoms with E-state index in [4.69, 9.17) is 9.47 Å². The zero-order valence-corrected chi connectivity index (χ0v) is 12.1. The molecule has 2 aliphatic rings. The predicted octanol–water partition coefficient (Wildman–Crippen LogP) is 0.884. The third kappa shape index (κ3) is 1.82. The van der Waals surface area contributed by atoms with E-state index in [0.717, 1.165) is 5.56 Å². The Morgan fingerprint density at radius 3 is 3.00 bits per heavy atom. The van der Waals surface area contributed by atoms with E-state index < -0.39 is 11.4 Å². The van der Waals surface area contributed by atoms with Gasteiger partial charge in [-0.15, -0.1) is 0 Å². The molecule has 2 N–H and O–H groups in total. The predicted molar refractivity (Wildman–Crippen MR) is 76.3 cm³/mol. The lowest BCUT2D eigenvalue weighted by Crippen LogP contribution is -2.51. The van der Waals surface area contributed by atoms with Crippen molar-refractivity contribution in [3.63, 3.8) is 0 Å². The molecule has 1 aromatic carbocycles. The smallest absolute Gasteiger partial charge is 0.323 e. The van der Waals surface area contributed by atoms with E-state index in [1.54, 1.807) is 20.1 Å². The zero-order valence-electron chi connectivity index (χ0n) is 12.1. The molecule has 1 amide bonds. The fourth-order valence-electron chi connectivity index (χ4n) is 3.26. The number of esters is 1. The molecular formula is C15H18N2O4. The second kappa shape index (κ2) is 5.04. The highest BCUT2D eigenvalue weighted by molar-refractivity contribution is 6.13. The summed E-state index contributed by atoms with van der Waals surface area (Å²) in [6, 6.07) is 5.57. The first-order valence-electron chi connectivity index (χ1n) is 7.01. The summed E-state index contributed by atoms with van der Waals surface area (Å²) in [4.78, 5) is 25.1. The van der Waals surface area contributed by atoms with Gasteiger partial charge in [-0.1, -0.05) is 12.1 Å². The Balaban J connectivity index is 2.12. The van der Waals surface area contributed by atoms with Gasteiger partial charge >= 0.3 is 5.97 Å². The second-order valence-electron chi connectivity index (χ2n) is 5.25. The molecule has 3 rings (SSSR count). The van der Waals surface area contributed by atoms with Crippen LogP contribution in [0.3, 0.4) is 0 Å². The molecule has 0 bridgehead atoms. The molecule has 0 aromatic heterocycles. The van der Waals surface area contributed by atoms with Crippen LogP contribution in [-0.4, -0.2) is 38.7 Å². The van der Waals surface area contributed by atoms with Crippen LogP contribution in [0.1, 0.15) is 18.4 Å². The summed E-state index contributed by atoms with van der Waals surface area (Å²) in [5, 5.41) is 5.98. The number of hydrogen-bond donors (Lipinski definition) is 2. The van der Waals surface area contributed by atoms with E-state index in [1.807, 2.05) is 12.1 Å². The van der Waals surface area contributed by atoms with Gasteiger partial charge in [-0.25, -0.2) is 0 Å². The molecule has 21 heavy (non-hydrogen) atoms. The van der Waals surface area contributed by atoms with Crippen molar-refractivity contribution < 1.29 is 19.1 Å². The van der Waals surface area contributed by atoms with Gasteiger partial charge in [0.05, 0.1) is 19.4 Å². The summed E-state index contributed by atoms with van der Waals surface area (Å²) in [7, 11) is 1.56. The SMILES string of the molecule is CCOC(=O)[C@@]12CNC[C@@H]1c1cccc(OC)c1NC2=O. The number of rotatable bonds is 3. The van der Waals surface area contributed by atoms with Crippen molar-refractivity contribution in [2.45, 2.75) is 12.8 Å². The Bertz CT molecular complexity index is 601. The minimum Gasteiger partial charge on any atom is -0.495 e. The number of carbonyl (C=O) groups is 2. The van der Waals surface area contributed by atoms with Crippen molar-refractivity contribution in [1.29, 1.82) is 0 Å². The third-order valence-electron chi connectivity index (χ3n) is 4.28. The standard InChI is InChI=1S/C15H18N2O4/c1-3-21-14(19)15-8-16-7-10(15)9-5-4-6-11(20-2)12(9)17-13(15)18/h4-6,10,16H,3,7-8H2,1-2H3,(H,17,18)/t10-,15+/m1/s1. The number of hydrogen-bond acceptors (Lipinski definition) is 5. The molecule has 6 heteroatoms. The summed E-state index contributed by atoms with van der Waals surface area (Å²) in [5.74, 6) is -0.431. The maximum atomic E-state index is 12.6. The number of fused-ring (bicyclic) bond motifs is 3. The lowest BCUT2D eigenvalue weighted by molar-refractivity contribution is -0.159. The normalized spacial score (nSPS) is 26.6. The number of anilines is 1. The number of para-hydroxylation sites is 1. The second-order valence-corrected chi connectivity index (χ2v) is 5.25. The molecule has 2 atom stereocenters. The Labute approximate surface area is 122 Å². The Morgan fingerprint density at radius 2 is 2.29 bits per heavy atom. The van der Waals surface area contributed by atoms with Gasteiger partial charge in [0.25, 0.3) is 0 Å². The molecule has 0 aliphatic carbocycles. The number of carbonyl (C=O) groups excluding carboxylic acids is 2. The average Bonchev–Trinajstić information content (AvgIpc) is 2.94. The minimum absolute atomic E-state index is 0.240. The van der Waals surface area contributed by atoms with Crippen molar-refractivity contribution in [2.24, 2.45) is 5.41 Å². The first-order chi connectivity index (χ1) is 10.1. The molecule has 0 saturated carbocycles. The maximum absolute atomic E-state index is 12.6. The molecule has 0 unspecified atom stereocenters. The van der Waals surface area contributed by atoms with Gasteiger partial charge in [0.1, 0.15) is 5.75 Å². The maximum Gasteiger partial charge on any atom is 0.323 e. The molecule has 1 saturated heterocycles. The third-order valence-corrected chi connectivity index (χ3v) is 4.28. The van der Waals surface area contributed by atoms with Crippen LogP contribution in [0.25, 0.3) is 0 Å². The van der Waals surface area contributed by atoms with Crippen LogP contribution < -0.4 is 15.4 Å². The van der Waals surface area contributed by atoms with Crippen molar-refractivity contribution in [3.8, 4) is 5.75 Å². The first-order valence-corrected chi connectivity index (χ1v) is 7.01. The van der Waals surface area contributed by atoms with E-state index in [0.29, 0.717) is 24.5 Å². The van der Waals surface area contributed by atoms with Gasteiger partial charge in [0.2, 0.25) is 5.91 Å². The van der Waals surface area contributed by atoms with Gasteiger partial charge in [0, 0.05) is 19.0 Å². The molecule has 112 valence electrons. The number of nitrogens with one attached hydrogen (secondary N) is 2. The molecule has 2 aliphatic heterocycles. The fourth-order valence-corrected chi connectivity index (χ4v) is 3.26. The van der Waals surface area contributed by atoms with Crippen molar-refractivity contribution in [3.05, 3.63) is 23.8 Å². The Kier molecular flexibility index (Phi) is 3.33. The van der Waals surface area contributed by atoms with Crippen LogP contribution in [-0.2, 0) is 14.3 Å². The van der Waals surface area contributed by atoms with E-state index in [2.05, 4.69) is 10.6 Å². The molecule has 0 spiro atoms. The van der Waals surface area contributed by atoms with Crippen molar-refractivity contribution in [1.82, 2.24) is 5.32 Å². The molecule has 1 aromatic rings. The Hall–Kier alpha value is -2.08. The topological polar surface area (TPSA) is 76.7 Å². The summed E-state index contributed by atoms with van der Waals surface area (Å²) in [5.41, 5.74) is 0.376. The average molecular weight is 290 g/mol.